The van der Waals surface area contributed by atoms with Crippen LogP contribution < -0.4 is 5.90 Å². The molecular formula is C5H8N2OS. The summed E-state index contributed by atoms with van der Waals surface area (Å²) in [7, 11) is 0. The molecule has 0 saturated carbocycles. The lowest BCUT2D eigenvalue weighted by atomic mass is 10.4. The van der Waals surface area contributed by atoms with Gasteiger partial charge in [-0.15, -0.1) is 11.3 Å². The molecule has 0 bridgehead atoms. The number of hydrogen-bond acceptors (Lipinski definition) is 4. The van der Waals surface area contributed by atoms with Crippen molar-refractivity contribution < 1.29 is 4.84 Å². The highest BCUT2D eigenvalue weighted by atomic mass is 32.1. The Labute approximate surface area is 57.4 Å². The van der Waals surface area contributed by atoms with E-state index in [0.29, 0.717) is 6.61 Å². The first-order valence-corrected chi connectivity index (χ1v) is 3.56. The second-order valence-corrected chi connectivity index (χ2v) is 2.32. The van der Waals surface area contributed by atoms with Gasteiger partial charge in [-0.25, -0.2) is 10.9 Å². The monoisotopic (exact) mass is 144 g/mol. The van der Waals surface area contributed by atoms with Crippen LogP contribution in [0.3, 0.4) is 0 Å². The molecular weight excluding hydrogens is 136 g/mol. The molecule has 9 heavy (non-hydrogen) atoms. The van der Waals surface area contributed by atoms with Crippen molar-refractivity contribution in [2.45, 2.75) is 6.42 Å². The zero-order valence-corrected chi connectivity index (χ0v) is 5.73. The SMILES string of the molecule is NOCCc1cscn1. The van der Waals surface area contributed by atoms with E-state index in [4.69, 9.17) is 5.90 Å². The number of aromatic nitrogens is 1. The van der Waals surface area contributed by atoms with E-state index in [1.807, 2.05) is 5.38 Å². The van der Waals surface area contributed by atoms with Gasteiger partial charge in [0.15, 0.2) is 0 Å². The Hall–Kier alpha value is -0.450. The quantitative estimate of drug-likeness (QED) is 0.631. The van der Waals surface area contributed by atoms with Gasteiger partial charge in [-0.2, -0.15) is 0 Å². The molecule has 0 amide bonds. The van der Waals surface area contributed by atoms with Gasteiger partial charge >= 0.3 is 0 Å². The molecule has 0 radical (unpaired) electrons. The zero-order valence-electron chi connectivity index (χ0n) is 4.91. The summed E-state index contributed by atoms with van der Waals surface area (Å²) in [5.74, 6) is 4.82. The van der Waals surface area contributed by atoms with Gasteiger partial charge in [-0.3, -0.25) is 0 Å². The van der Waals surface area contributed by atoms with E-state index in [9.17, 15) is 0 Å². The van der Waals surface area contributed by atoms with Crippen molar-refractivity contribution in [3.05, 3.63) is 16.6 Å². The summed E-state index contributed by atoms with van der Waals surface area (Å²) in [6.45, 7) is 0.545. The van der Waals surface area contributed by atoms with Crippen molar-refractivity contribution in [2.24, 2.45) is 5.90 Å². The minimum absolute atomic E-state index is 0.545. The molecule has 0 spiro atoms. The van der Waals surface area contributed by atoms with Crippen molar-refractivity contribution in [2.75, 3.05) is 6.61 Å². The molecule has 3 nitrogen and oxygen atoms in total. The van der Waals surface area contributed by atoms with E-state index in [1.54, 1.807) is 16.8 Å². The molecule has 0 aliphatic rings. The minimum Gasteiger partial charge on any atom is -0.304 e. The van der Waals surface area contributed by atoms with E-state index < -0.39 is 0 Å². The molecule has 1 heterocycles. The largest absolute Gasteiger partial charge is 0.304 e. The predicted molar refractivity (Wildman–Crippen MR) is 36.0 cm³/mol. The first-order valence-electron chi connectivity index (χ1n) is 2.62. The van der Waals surface area contributed by atoms with E-state index in [2.05, 4.69) is 9.82 Å². The van der Waals surface area contributed by atoms with E-state index in [-0.39, 0.29) is 0 Å². The number of thiazole rings is 1. The van der Waals surface area contributed by atoms with Gasteiger partial charge in [0.05, 0.1) is 17.8 Å². The van der Waals surface area contributed by atoms with Crippen LogP contribution in [0.15, 0.2) is 10.9 Å². The molecule has 1 rings (SSSR count). The standard InChI is InChI=1S/C5H8N2OS/c6-8-2-1-5-3-9-4-7-5/h3-4H,1-2,6H2. The van der Waals surface area contributed by atoms with E-state index >= 15 is 0 Å². The third-order valence-corrected chi connectivity index (χ3v) is 1.59. The highest BCUT2D eigenvalue weighted by molar-refractivity contribution is 7.07. The lowest BCUT2D eigenvalue weighted by Crippen LogP contribution is -2.03. The first kappa shape index (κ1) is 6.67. The maximum absolute atomic E-state index is 4.82. The Balaban J connectivity index is 2.30. The summed E-state index contributed by atoms with van der Waals surface area (Å²) in [5, 5.41) is 1.99. The van der Waals surface area contributed by atoms with Crippen LogP contribution in [0.5, 0.6) is 0 Å². The molecule has 0 aliphatic carbocycles. The van der Waals surface area contributed by atoms with Gasteiger partial charge in [0, 0.05) is 11.8 Å². The maximum atomic E-state index is 4.82. The topological polar surface area (TPSA) is 48.1 Å². The summed E-state index contributed by atoms with van der Waals surface area (Å²) in [6, 6.07) is 0. The van der Waals surface area contributed by atoms with E-state index in [1.165, 1.54) is 0 Å². The van der Waals surface area contributed by atoms with Crippen LogP contribution in [-0.4, -0.2) is 11.6 Å². The van der Waals surface area contributed by atoms with Crippen LogP contribution in [0.4, 0.5) is 0 Å². The maximum Gasteiger partial charge on any atom is 0.0794 e. The van der Waals surface area contributed by atoms with Crippen molar-refractivity contribution in [3.8, 4) is 0 Å². The number of rotatable bonds is 3. The molecule has 0 atom stereocenters. The van der Waals surface area contributed by atoms with Gasteiger partial charge < -0.3 is 4.84 Å². The average molecular weight is 144 g/mol. The van der Waals surface area contributed by atoms with Crippen molar-refractivity contribution >= 4 is 11.3 Å². The van der Waals surface area contributed by atoms with Crippen molar-refractivity contribution in [1.82, 2.24) is 4.98 Å². The first-order chi connectivity index (χ1) is 4.43. The van der Waals surface area contributed by atoms with E-state index in [0.717, 1.165) is 12.1 Å². The normalized spacial score (nSPS) is 9.89. The van der Waals surface area contributed by atoms with Crippen molar-refractivity contribution in [3.63, 3.8) is 0 Å². The van der Waals surface area contributed by atoms with Gasteiger partial charge in [-0.05, 0) is 0 Å². The smallest absolute Gasteiger partial charge is 0.0794 e. The summed E-state index contributed by atoms with van der Waals surface area (Å²) in [5.41, 5.74) is 2.84. The Kier molecular flexibility index (Phi) is 2.63. The molecule has 1 aromatic heterocycles. The van der Waals surface area contributed by atoms with Crippen LogP contribution in [-0.2, 0) is 11.3 Å². The molecule has 0 aliphatic heterocycles. The summed E-state index contributed by atoms with van der Waals surface area (Å²) >= 11 is 1.58. The fraction of sp³-hybridized carbons (Fsp3) is 0.400. The van der Waals surface area contributed by atoms with Crippen LogP contribution >= 0.6 is 11.3 Å². The molecule has 4 heteroatoms. The summed E-state index contributed by atoms with van der Waals surface area (Å²) in [6.07, 6.45) is 0.806. The lowest BCUT2D eigenvalue weighted by Gasteiger charge is -1.91. The van der Waals surface area contributed by atoms with Gasteiger partial charge in [0.1, 0.15) is 0 Å². The van der Waals surface area contributed by atoms with Gasteiger partial charge in [0.2, 0.25) is 0 Å². The van der Waals surface area contributed by atoms with Crippen LogP contribution in [0, 0.1) is 0 Å². The van der Waals surface area contributed by atoms with Gasteiger partial charge in [0.25, 0.3) is 0 Å². The Bertz CT molecular complexity index is 152. The molecule has 0 aromatic carbocycles. The molecule has 0 unspecified atom stereocenters. The number of nitrogens with zero attached hydrogens (tertiary/aromatic N) is 1. The number of hydrogen-bond donors (Lipinski definition) is 1. The second kappa shape index (κ2) is 3.55. The summed E-state index contributed by atoms with van der Waals surface area (Å²) in [4.78, 5) is 8.42. The molecule has 1 aromatic rings. The molecule has 2 N–H and O–H groups in total. The Morgan fingerprint density at radius 1 is 1.78 bits per heavy atom. The van der Waals surface area contributed by atoms with Crippen molar-refractivity contribution in [1.29, 1.82) is 0 Å². The molecule has 50 valence electrons. The lowest BCUT2D eigenvalue weighted by molar-refractivity contribution is 0.140. The fourth-order valence-electron chi connectivity index (χ4n) is 0.524. The van der Waals surface area contributed by atoms with Gasteiger partial charge in [-0.1, -0.05) is 0 Å². The number of nitrogens with two attached hydrogens (primary N) is 1. The predicted octanol–water partition coefficient (Wildman–Crippen LogP) is 0.576. The highest BCUT2D eigenvalue weighted by Gasteiger charge is 1.91. The zero-order chi connectivity index (χ0) is 6.53. The molecule has 0 fully saturated rings. The van der Waals surface area contributed by atoms with Crippen LogP contribution in [0.2, 0.25) is 0 Å². The molecule has 0 saturated heterocycles. The Morgan fingerprint density at radius 2 is 2.67 bits per heavy atom. The van der Waals surface area contributed by atoms with Crippen LogP contribution in [0.25, 0.3) is 0 Å². The fourth-order valence-corrected chi connectivity index (χ4v) is 1.12. The summed E-state index contributed by atoms with van der Waals surface area (Å²) < 4.78 is 0. The third kappa shape index (κ3) is 2.09. The second-order valence-electron chi connectivity index (χ2n) is 1.60. The Morgan fingerprint density at radius 3 is 3.22 bits per heavy atom. The average Bonchev–Trinajstić information content (AvgIpc) is 2.34. The van der Waals surface area contributed by atoms with Crippen LogP contribution in [0.1, 0.15) is 5.69 Å². The minimum atomic E-state index is 0.545. The highest BCUT2D eigenvalue weighted by Crippen LogP contribution is 2.00. The third-order valence-electron chi connectivity index (χ3n) is 0.960.